The van der Waals surface area contributed by atoms with E-state index in [2.05, 4.69) is 32.5 Å². The summed E-state index contributed by atoms with van der Waals surface area (Å²) < 4.78 is 0. The molecule has 0 aliphatic heterocycles. The molecule has 0 aliphatic rings. The van der Waals surface area contributed by atoms with Crippen molar-refractivity contribution in [2.75, 3.05) is 32.1 Å². The third-order valence-corrected chi connectivity index (χ3v) is 2.20. The maximum atomic E-state index is 3.84. The highest BCUT2D eigenvalue weighted by atomic mass is 32.2. The highest BCUT2D eigenvalue weighted by Crippen LogP contribution is 2.04. The van der Waals surface area contributed by atoms with Crippen LogP contribution in [0, 0.1) is 0 Å². The molecule has 10 heavy (non-hydrogen) atoms. The summed E-state index contributed by atoms with van der Waals surface area (Å²) in [7, 11) is 4.20. The van der Waals surface area contributed by atoms with Gasteiger partial charge in [-0.05, 0) is 21.0 Å². The maximum absolute atomic E-state index is 3.84. The summed E-state index contributed by atoms with van der Waals surface area (Å²) in [4.78, 5) is 2.20. The fraction of sp³-hybridized carbons (Fsp3) is 0.750. The number of thioether (sulfide) groups is 1. The zero-order valence-electron chi connectivity index (χ0n) is 7.18. The number of nitrogens with zero attached hydrogens (tertiary/aromatic N) is 1. The molecule has 2 heteroatoms. The van der Waals surface area contributed by atoms with Crippen molar-refractivity contribution >= 4 is 11.8 Å². The second-order valence-electron chi connectivity index (χ2n) is 2.81. The average Bonchev–Trinajstić information content (AvgIpc) is 1.79. The third-order valence-electron chi connectivity index (χ3n) is 1.03. The lowest BCUT2D eigenvalue weighted by Gasteiger charge is -2.07. The molecule has 0 rings (SSSR count). The summed E-state index contributed by atoms with van der Waals surface area (Å²) in [6.07, 6.45) is 0. The molecule has 0 aromatic rings. The SMILES string of the molecule is C=C(C)CSCCN(C)C. The van der Waals surface area contributed by atoms with Crippen molar-refractivity contribution in [3.63, 3.8) is 0 Å². The predicted molar refractivity (Wildman–Crippen MR) is 50.7 cm³/mol. The Morgan fingerprint density at radius 1 is 1.50 bits per heavy atom. The summed E-state index contributed by atoms with van der Waals surface area (Å²) in [5.41, 5.74) is 1.27. The molecule has 0 atom stereocenters. The van der Waals surface area contributed by atoms with Crippen molar-refractivity contribution in [1.82, 2.24) is 4.90 Å². The van der Waals surface area contributed by atoms with Crippen LogP contribution in [0.1, 0.15) is 6.92 Å². The molecule has 0 saturated carbocycles. The Morgan fingerprint density at radius 3 is 2.50 bits per heavy atom. The molecule has 0 N–H and O–H groups in total. The molecule has 60 valence electrons. The van der Waals surface area contributed by atoms with Crippen molar-refractivity contribution in [1.29, 1.82) is 0 Å². The van der Waals surface area contributed by atoms with Gasteiger partial charge >= 0.3 is 0 Å². The minimum Gasteiger partial charge on any atom is -0.309 e. The second kappa shape index (κ2) is 5.81. The molecule has 0 saturated heterocycles. The van der Waals surface area contributed by atoms with Gasteiger partial charge in [0.25, 0.3) is 0 Å². The second-order valence-corrected chi connectivity index (χ2v) is 3.92. The summed E-state index contributed by atoms with van der Waals surface area (Å²) in [6.45, 7) is 7.07. The quantitative estimate of drug-likeness (QED) is 0.445. The van der Waals surface area contributed by atoms with Crippen molar-refractivity contribution in [2.24, 2.45) is 0 Å². The van der Waals surface area contributed by atoms with E-state index >= 15 is 0 Å². The topological polar surface area (TPSA) is 3.24 Å². The summed E-state index contributed by atoms with van der Waals surface area (Å²) in [6, 6.07) is 0. The molecule has 0 fully saturated rings. The van der Waals surface area contributed by atoms with Crippen LogP contribution < -0.4 is 0 Å². The molecular weight excluding hydrogens is 142 g/mol. The Morgan fingerprint density at radius 2 is 2.10 bits per heavy atom. The van der Waals surface area contributed by atoms with Gasteiger partial charge in [0.1, 0.15) is 0 Å². The Kier molecular flexibility index (Phi) is 5.84. The van der Waals surface area contributed by atoms with Crippen molar-refractivity contribution in [3.05, 3.63) is 12.2 Å². The Balaban J connectivity index is 2.98. The lowest BCUT2D eigenvalue weighted by Crippen LogP contribution is -2.14. The molecule has 0 aliphatic carbocycles. The van der Waals surface area contributed by atoms with Crippen molar-refractivity contribution in [3.8, 4) is 0 Å². The summed E-state index contributed by atoms with van der Waals surface area (Å²) in [5, 5.41) is 0. The van der Waals surface area contributed by atoms with Gasteiger partial charge in [0, 0.05) is 18.1 Å². The molecule has 0 spiro atoms. The monoisotopic (exact) mass is 159 g/mol. The summed E-state index contributed by atoms with van der Waals surface area (Å²) in [5.74, 6) is 2.31. The van der Waals surface area contributed by atoms with E-state index in [0.717, 1.165) is 12.3 Å². The van der Waals surface area contributed by atoms with Gasteiger partial charge < -0.3 is 4.90 Å². The van der Waals surface area contributed by atoms with E-state index < -0.39 is 0 Å². The van der Waals surface area contributed by atoms with Crippen LogP contribution in [0.2, 0.25) is 0 Å². The lowest BCUT2D eigenvalue weighted by molar-refractivity contribution is 0.437. The van der Waals surface area contributed by atoms with E-state index in [1.165, 1.54) is 11.3 Å². The van der Waals surface area contributed by atoms with Crippen LogP contribution in [0.4, 0.5) is 0 Å². The molecule has 1 nitrogen and oxygen atoms in total. The van der Waals surface area contributed by atoms with E-state index in [9.17, 15) is 0 Å². The first-order chi connectivity index (χ1) is 4.63. The third kappa shape index (κ3) is 8.05. The van der Waals surface area contributed by atoms with Gasteiger partial charge in [-0.1, -0.05) is 12.2 Å². The van der Waals surface area contributed by atoms with Crippen LogP contribution in [-0.2, 0) is 0 Å². The first-order valence-corrected chi connectivity index (χ1v) is 4.65. The molecule has 0 heterocycles. The van der Waals surface area contributed by atoms with E-state index in [1.54, 1.807) is 0 Å². The van der Waals surface area contributed by atoms with Crippen LogP contribution in [0.5, 0.6) is 0 Å². The molecule has 0 aromatic heterocycles. The van der Waals surface area contributed by atoms with E-state index in [0.29, 0.717) is 0 Å². The van der Waals surface area contributed by atoms with Gasteiger partial charge in [0.15, 0.2) is 0 Å². The largest absolute Gasteiger partial charge is 0.309 e. The Labute approximate surface area is 68.5 Å². The minimum absolute atomic E-state index is 1.10. The van der Waals surface area contributed by atoms with Gasteiger partial charge in [0.2, 0.25) is 0 Å². The van der Waals surface area contributed by atoms with Gasteiger partial charge in [-0.2, -0.15) is 11.8 Å². The van der Waals surface area contributed by atoms with E-state index in [4.69, 9.17) is 0 Å². The lowest BCUT2D eigenvalue weighted by atomic mass is 10.4. The molecule has 0 radical (unpaired) electrons. The van der Waals surface area contributed by atoms with Gasteiger partial charge in [-0.15, -0.1) is 0 Å². The smallest absolute Gasteiger partial charge is 0.0138 e. The molecular formula is C8H17NS. The van der Waals surface area contributed by atoms with E-state index in [1.807, 2.05) is 11.8 Å². The summed E-state index contributed by atoms with van der Waals surface area (Å²) >= 11 is 1.95. The van der Waals surface area contributed by atoms with E-state index in [-0.39, 0.29) is 0 Å². The highest BCUT2D eigenvalue weighted by molar-refractivity contribution is 7.99. The Bertz CT molecular complexity index is 99.4. The van der Waals surface area contributed by atoms with Crippen molar-refractivity contribution in [2.45, 2.75) is 6.92 Å². The van der Waals surface area contributed by atoms with Crippen molar-refractivity contribution < 1.29 is 0 Å². The average molecular weight is 159 g/mol. The number of rotatable bonds is 5. The normalized spacial score (nSPS) is 10.4. The fourth-order valence-corrected chi connectivity index (χ4v) is 1.48. The van der Waals surface area contributed by atoms with Gasteiger partial charge in [-0.25, -0.2) is 0 Å². The maximum Gasteiger partial charge on any atom is 0.0138 e. The van der Waals surface area contributed by atoms with Crippen LogP contribution in [-0.4, -0.2) is 37.0 Å². The zero-order valence-corrected chi connectivity index (χ0v) is 8.00. The highest BCUT2D eigenvalue weighted by Gasteiger charge is 1.90. The molecule has 0 aromatic carbocycles. The number of hydrogen-bond acceptors (Lipinski definition) is 2. The molecule has 0 unspecified atom stereocenters. The first-order valence-electron chi connectivity index (χ1n) is 3.50. The fourth-order valence-electron chi connectivity index (χ4n) is 0.494. The minimum atomic E-state index is 1.10. The first kappa shape index (κ1) is 10.0. The standard InChI is InChI=1S/C8H17NS/c1-8(2)7-10-6-5-9(3)4/h1,5-7H2,2-4H3. The van der Waals surface area contributed by atoms with Crippen LogP contribution in [0.15, 0.2) is 12.2 Å². The molecule has 0 amide bonds. The van der Waals surface area contributed by atoms with Crippen LogP contribution in [0.3, 0.4) is 0 Å². The number of hydrogen-bond donors (Lipinski definition) is 0. The van der Waals surface area contributed by atoms with Gasteiger partial charge in [-0.3, -0.25) is 0 Å². The van der Waals surface area contributed by atoms with Crippen LogP contribution >= 0.6 is 11.8 Å². The predicted octanol–water partition coefficient (Wildman–Crippen LogP) is 1.86. The Hall–Kier alpha value is 0.0500. The zero-order chi connectivity index (χ0) is 7.98. The molecule has 0 bridgehead atoms. The van der Waals surface area contributed by atoms with Crippen LogP contribution in [0.25, 0.3) is 0 Å². The van der Waals surface area contributed by atoms with Gasteiger partial charge in [0.05, 0.1) is 0 Å².